The molecule has 9 aromatic rings. The van der Waals surface area contributed by atoms with Gasteiger partial charge in [-0.15, -0.1) is 0 Å². The zero-order valence-corrected chi connectivity index (χ0v) is 30.0. The predicted molar refractivity (Wildman–Crippen MR) is 226 cm³/mol. The molecule has 0 atom stereocenters. The topological polar surface area (TPSA) is 25.8 Å². The van der Waals surface area contributed by atoms with E-state index in [0.717, 1.165) is 44.8 Å². The second-order valence-electron chi connectivity index (χ2n) is 14.5. The first-order valence-corrected chi connectivity index (χ1v) is 18.9. The van der Waals surface area contributed by atoms with Crippen LogP contribution in [0.15, 0.2) is 206 Å². The molecule has 0 amide bonds. The summed E-state index contributed by atoms with van der Waals surface area (Å²) in [5, 5.41) is 0. The zero-order chi connectivity index (χ0) is 36.3. The van der Waals surface area contributed by atoms with E-state index in [1.54, 1.807) is 0 Å². The third-order valence-electron chi connectivity index (χ3n) is 11.5. The number of hydrogen-bond acceptors (Lipinski definition) is 2. The lowest BCUT2D eigenvalue weighted by Crippen LogP contribution is -2.25. The minimum absolute atomic E-state index is 0.429. The number of aromatic nitrogens is 2. The average molecular weight is 699 g/mol. The molecule has 2 aliphatic carbocycles. The molecule has 256 valence electrons. The molecule has 0 fully saturated rings. The molecule has 0 radical (unpaired) electrons. The fraction of sp³-hybridized carbons (Fsp3) is 0.0189. The molecule has 1 heterocycles. The van der Waals surface area contributed by atoms with Gasteiger partial charge in [0, 0.05) is 16.7 Å². The number of benzene rings is 8. The Morgan fingerprint density at radius 1 is 0.255 bits per heavy atom. The second kappa shape index (κ2) is 12.5. The van der Waals surface area contributed by atoms with E-state index in [2.05, 4.69) is 206 Å². The molecule has 0 saturated carbocycles. The summed E-state index contributed by atoms with van der Waals surface area (Å²) in [5.74, 6) is 0.699. The lowest BCUT2D eigenvalue weighted by atomic mass is 9.70. The van der Waals surface area contributed by atoms with E-state index in [4.69, 9.17) is 9.97 Å². The van der Waals surface area contributed by atoms with Crippen LogP contribution in [-0.2, 0) is 5.41 Å². The Hall–Kier alpha value is -7.16. The highest BCUT2D eigenvalue weighted by Crippen LogP contribution is 2.63. The monoisotopic (exact) mass is 698 g/mol. The minimum atomic E-state index is -0.429. The van der Waals surface area contributed by atoms with Crippen LogP contribution >= 0.6 is 0 Å². The van der Waals surface area contributed by atoms with Crippen molar-refractivity contribution in [3.63, 3.8) is 0 Å². The van der Waals surface area contributed by atoms with Gasteiger partial charge in [-0.05, 0) is 91.0 Å². The van der Waals surface area contributed by atoms with E-state index in [-0.39, 0.29) is 0 Å². The molecule has 1 spiro atoms. The highest BCUT2D eigenvalue weighted by molar-refractivity contribution is 5.96. The zero-order valence-electron chi connectivity index (χ0n) is 30.0. The summed E-state index contributed by atoms with van der Waals surface area (Å²) in [7, 11) is 0. The van der Waals surface area contributed by atoms with Crippen LogP contribution in [0.3, 0.4) is 0 Å². The van der Waals surface area contributed by atoms with Crippen LogP contribution in [0.4, 0.5) is 0 Å². The highest BCUT2D eigenvalue weighted by atomic mass is 14.9. The lowest BCUT2D eigenvalue weighted by molar-refractivity contribution is 0.794. The number of nitrogens with zero attached hydrogens (tertiary/aromatic N) is 2. The molecular formula is C53H34N2. The van der Waals surface area contributed by atoms with Gasteiger partial charge in [0.05, 0.1) is 16.8 Å². The molecular weight excluding hydrogens is 665 g/mol. The first-order valence-electron chi connectivity index (χ1n) is 18.9. The van der Waals surface area contributed by atoms with Gasteiger partial charge >= 0.3 is 0 Å². The minimum Gasteiger partial charge on any atom is -0.228 e. The molecule has 11 rings (SSSR count). The average Bonchev–Trinajstić information content (AvgIpc) is 3.74. The summed E-state index contributed by atoms with van der Waals surface area (Å²) < 4.78 is 0. The van der Waals surface area contributed by atoms with Gasteiger partial charge in [-0.25, -0.2) is 9.97 Å². The van der Waals surface area contributed by atoms with E-state index in [0.29, 0.717) is 5.82 Å². The first-order chi connectivity index (χ1) is 27.3. The van der Waals surface area contributed by atoms with Gasteiger partial charge < -0.3 is 0 Å². The maximum atomic E-state index is 5.38. The van der Waals surface area contributed by atoms with Crippen LogP contribution in [0.1, 0.15) is 22.3 Å². The molecule has 8 aromatic carbocycles. The molecule has 0 bridgehead atoms. The number of hydrogen-bond donors (Lipinski definition) is 0. The van der Waals surface area contributed by atoms with Crippen LogP contribution in [0, 0.1) is 0 Å². The number of rotatable bonds is 5. The first kappa shape index (κ1) is 31.4. The largest absolute Gasteiger partial charge is 0.228 e. The van der Waals surface area contributed by atoms with Crippen molar-refractivity contribution in [1.29, 1.82) is 0 Å². The Kier molecular flexibility index (Phi) is 7.11. The normalized spacial score (nSPS) is 12.9. The highest BCUT2D eigenvalue weighted by Gasteiger charge is 2.51. The second-order valence-corrected chi connectivity index (χ2v) is 14.5. The van der Waals surface area contributed by atoms with Gasteiger partial charge in [-0.1, -0.05) is 182 Å². The third-order valence-corrected chi connectivity index (χ3v) is 11.5. The van der Waals surface area contributed by atoms with E-state index < -0.39 is 5.41 Å². The standard InChI is InChI=1S/C53H34N2/c1-3-15-35(16-4-1)37-19-13-21-39(31-37)50-34-51(55-52(54-50)41-22-14-20-38(32-41)36-17-5-2-6-18-36)40-29-30-45-44-25-9-12-28-48(44)53(49(45)33-40)46-26-10-7-23-42(46)43-24-8-11-27-47(43)53/h1-34H. The Morgan fingerprint density at radius 2 is 0.655 bits per heavy atom. The fourth-order valence-corrected chi connectivity index (χ4v) is 9.08. The molecule has 55 heavy (non-hydrogen) atoms. The summed E-state index contributed by atoms with van der Waals surface area (Å²) in [6.45, 7) is 0. The van der Waals surface area contributed by atoms with Crippen molar-refractivity contribution < 1.29 is 0 Å². The van der Waals surface area contributed by atoms with E-state index in [9.17, 15) is 0 Å². The van der Waals surface area contributed by atoms with Crippen molar-refractivity contribution in [2.75, 3.05) is 0 Å². The lowest BCUT2D eigenvalue weighted by Gasteiger charge is -2.30. The maximum absolute atomic E-state index is 5.38. The molecule has 0 aliphatic heterocycles. The molecule has 2 aliphatic rings. The maximum Gasteiger partial charge on any atom is 0.160 e. The van der Waals surface area contributed by atoms with E-state index in [1.807, 2.05) is 0 Å². The molecule has 0 saturated heterocycles. The number of fused-ring (bicyclic) bond motifs is 10. The smallest absolute Gasteiger partial charge is 0.160 e. The van der Waals surface area contributed by atoms with Crippen molar-refractivity contribution in [3.05, 3.63) is 229 Å². The predicted octanol–water partition coefficient (Wildman–Crippen LogP) is 13.2. The summed E-state index contributed by atoms with van der Waals surface area (Å²) in [5.41, 5.74) is 19.5. The van der Waals surface area contributed by atoms with Crippen molar-refractivity contribution in [2.45, 2.75) is 5.41 Å². The summed E-state index contributed by atoms with van der Waals surface area (Å²) in [6.07, 6.45) is 0. The third kappa shape index (κ3) is 4.89. The van der Waals surface area contributed by atoms with E-state index >= 15 is 0 Å². The van der Waals surface area contributed by atoms with Gasteiger partial charge in [0.15, 0.2) is 5.82 Å². The van der Waals surface area contributed by atoms with Gasteiger partial charge in [0.25, 0.3) is 0 Å². The molecule has 0 N–H and O–H groups in total. The van der Waals surface area contributed by atoms with Crippen LogP contribution in [0.2, 0.25) is 0 Å². The fourth-order valence-electron chi connectivity index (χ4n) is 9.08. The van der Waals surface area contributed by atoms with Crippen molar-refractivity contribution >= 4 is 0 Å². The van der Waals surface area contributed by atoms with Crippen molar-refractivity contribution in [3.8, 4) is 78.4 Å². The van der Waals surface area contributed by atoms with Crippen molar-refractivity contribution in [1.82, 2.24) is 9.97 Å². The van der Waals surface area contributed by atoms with E-state index in [1.165, 1.54) is 50.1 Å². The van der Waals surface area contributed by atoms with Gasteiger partial charge in [0.2, 0.25) is 0 Å². The SMILES string of the molecule is c1ccc(-c2cccc(-c3cc(-c4ccc5c(c4)C4(c6ccccc6-c6ccccc64)c4ccccc4-5)nc(-c4cccc(-c5ccccc5)c4)n3)c2)cc1. The molecule has 2 heteroatoms. The Labute approximate surface area is 321 Å². The van der Waals surface area contributed by atoms with Gasteiger partial charge in [0.1, 0.15) is 0 Å². The summed E-state index contributed by atoms with van der Waals surface area (Å²) >= 11 is 0. The Bertz CT molecular complexity index is 2760. The van der Waals surface area contributed by atoms with Crippen LogP contribution < -0.4 is 0 Å². The quantitative estimate of drug-likeness (QED) is 0.179. The van der Waals surface area contributed by atoms with Crippen molar-refractivity contribution in [2.24, 2.45) is 0 Å². The van der Waals surface area contributed by atoms with Crippen LogP contribution in [0.25, 0.3) is 78.4 Å². The summed E-state index contributed by atoms with van der Waals surface area (Å²) in [6, 6.07) is 74.4. The Morgan fingerprint density at radius 3 is 1.20 bits per heavy atom. The molecule has 1 aromatic heterocycles. The van der Waals surface area contributed by atoms with Gasteiger partial charge in [-0.2, -0.15) is 0 Å². The van der Waals surface area contributed by atoms with Crippen LogP contribution in [-0.4, -0.2) is 9.97 Å². The Balaban J connectivity index is 1.14. The molecule has 0 unspecified atom stereocenters. The summed E-state index contributed by atoms with van der Waals surface area (Å²) in [4.78, 5) is 10.7. The van der Waals surface area contributed by atoms with Crippen LogP contribution in [0.5, 0.6) is 0 Å². The molecule has 2 nitrogen and oxygen atoms in total. The van der Waals surface area contributed by atoms with Gasteiger partial charge in [-0.3, -0.25) is 0 Å².